The topological polar surface area (TPSA) is 36.9 Å². The Balaban J connectivity index is 2.10. The molecular weight excluding hydrogens is 394 g/mol. The van der Waals surface area contributed by atoms with Crippen molar-refractivity contribution >= 4 is 35.2 Å². The Bertz CT molecular complexity index is 503. The zero-order valence-electron chi connectivity index (χ0n) is 13.9. The molecule has 0 saturated carbocycles. The number of methoxy groups -OCH3 is 1. The Morgan fingerprint density at radius 2 is 1.73 bits per heavy atom. The number of rotatable bonds is 6. The molecule has 1 heterocycles. The van der Waals surface area contributed by atoms with E-state index in [-0.39, 0.29) is 18.3 Å². The second-order valence-electron chi connectivity index (χ2n) is 6.47. The van der Waals surface area contributed by atoms with Crippen molar-refractivity contribution in [2.45, 2.75) is 45.3 Å². The Labute approximate surface area is 147 Å². The third-order valence-electron chi connectivity index (χ3n) is 4.23. The zero-order chi connectivity index (χ0) is 16.4. The number of halogens is 1. The summed E-state index contributed by atoms with van der Waals surface area (Å²) in [4.78, 5) is 0. The normalized spacial score (nSPS) is 19.5. The molecule has 0 amide bonds. The zero-order valence-corrected chi connectivity index (χ0v) is 16.1. The van der Waals surface area contributed by atoms with Crippen LogP contribution in [0.2, 0.25) is 0 Å². The molecule has 0 aromatic heterocycles. The summed E-state index contributed by atoms with van der Waals surface area (Å²) < 4.78 is 24.1. The van der Waals surface area contributed by atoms with Gasteiger partial charge < -0.3 is 18.8 Å². The van der Waals surface area contributed by atoms with Gasteiger partial charge in [-0.3, -0.25) is 0 Å². The Kier molecular flexibility index (Phi) is 5.80. The van der Waals surface area contributed by atoms with Gasteiger partial charge in [0.15, 0.2) is 0 Å². The molecule has 122 valence electrons. The van der Waals surface area contributed by atoms with Crippen molar-refractivity contribution < 1.29 is 18.8 Å². The van der Waals surface area contributed by atoms with Gasteiger partial charge in [-0.2, -0.15) is 0 Å². The van der Waals surface area contributed by atoms with Crippen LogP contribution in [0, 0.1) is 3.57 Å². The second-order valence-corrected chi connectivity index (χ2v) is 7.64. The van der Waals surface area contributed by atoms with Gasteiger partial charge in [0, 0.05) is 20.1 Å². The highest BCUT2D eigenvalue weighted by molar-refractivity contribution is 14.1. The van der Waals surface area contributed by atoms with E-state index in [1.165, 1.54) is 0 Å². The molecule has 0 unspecified atom stereocenters. The van der Waals surface area contributed by atoms with E-state index in [1.807, 2.05) is 18.2 Å². The predicted molar refractivity (Wildman–Crippen MR) is 96.9 cm³/mol. The smallest absolute Gasteiger partial charge is 0.492 e. The van der Waals surface area contributed by atoms with E-state index in [4.69, 9.17) is 18.8 Å². The van der Waals surface area contributed by atoms with Crippen molar-refractivity contribution in [3.8, 4) is 5.75 Å². The van der Waals surface area contributed by atoms with Gasteiger partial charge >= 0.3 is 7.12 Å². The summed E-state index contributed by atoms with van der Waals surface area (Å²) in [7, 11) is 1.34. The molecule has 6 heteroatoms. The van der Waals surface area contributed by atoms with Crippen molar-refractivity contribution in [2.24, 2.45) is 0 Å². The molecule has 0 radical (unpaired) electrons. The molecule has 1 aromatic rings. The van der Waals surface area contributed by atoms with E-state index in [0.29, 0.717) is 13.2 Å². The van der Waals surface area contributed by atoms with Gasteiger partial charge in [-0.25, -0.2) is 0 Å². The van der Waals surface area contributed by atoms with Gasteiger partial charge in [0.05, 0.1) is 21.4 Å². The molecule has 0 spiro atoms. The van der Waals surface area contributed by atoms with Crippen molar-refractivity contribution in [2.75, 3.05) is 20.3 Å². The number of hydrogen-bond donors (Lipinski definition) is 0. The van der Waals surface area contributed by atoms with Crippen LogP contribution >= 0.6 is 22.6 Å². The van der Waals surface area contributed by atoms with E-state index in [2.05, 4.69) is 50.3 Å². The minimum absolute atomic E-state index is 0.333. The first-order valence-electron chi connectivity index (χ1n) is 7.54. The molecule has 4 nitrogen and oxygen atoms in total. The van der Waals surface area contributed by atoms with Crippen molar-refractivity contribution in [1.82, 2.24) is 0 Å². The van der Waals surface area contributed by atoms with Gasteiger partial charge in [-0.15, -0.1) is 0 Å². The third kappa shape index (κ3) is 3.96. The Morgan fingerprint density at radius 3 is 2.32 bits per heavy atom. The highest BCUT2D eigenvalue weighted by Crippen LogP contribution is 2.36. The molecule has 1 saturated heterocycles. The summed E-state index contributed by atoms with van der Waals surface area (Å²) in [6.45, 7) is 9.57. The fourth-order valence-corrected chi connectivity index (χ4v) is 2.63. The van der Waals surface area contributed by atoms with Gasteiger partial charge in [-0.1, -0.05) is 6.07 Å². The predicted octanol–water partition coefficient (Wildman–Crippen LogP) is 3.01. The van der Waals surface area contributed by atoms with Crippen LogP contribution in [-0.2, 0) is 14.0 Å². The SMILES string of the molecule is COCCCOc1cc(B2OC(C)(C)C(C)(C)O2)ccc1I. The second kappa shape index (κ2) is 7.07. The fraction of sp³-hybridized carbons (Fsp3) is 0.625. The lowest BCUT2D eigenvalue weighted by atomic mass is 9.79. The Hall–Kier alpha value is -0.305. The third-order valence-corrected chi connectivity index (χ3v) is 5.12. The summed E-state index contributed by atoms with van der Waals surface area (Å²) in [5.41, 5.74) is 0.320. The van der Waals surface area contributed by atoms with Crippen molar-refractivity contribution in [1.29, 1.82) is 0 Å². The average Bonchev–Trinajstić information content (AvgIpc) is 2.65. The molecular formula is C16H24BIO4. The summed E-state index contributed by atoms with van der Waals surface area (Å²) >= 11 is 2.28. The maximum absolute atomic E-state index is 6.09. The minimum Gasteiger partial charge on any atom is -0.492 e. The van der Waals surface area contributed by atoms with Crippen molar-refractivity contribution in [3.05, 3.63) is 21.8 Å². The standard InChI is InChI=1S/C16H24BIO4/c1-15(2)16(3,4)22-17(21-15)12-7-8-13(18)14(11-12)20-10-6-9-19-5/h7-8,11H,6,9-10H2,1-5H3. The lowest BCUT2D eigenvalue weighted by molar-refractivity contribution is 0.00578. The van der Waals surface area contributed by atoms with Crippen LogP contribution in [0.4, 0.5) is 0 Å². The first-order valence-corrected chi connectivity index (χ1v) is 8.61. The van der Waals surface area contributed by atoms with Crippen LogP contribution in [-0.4, -0.2) is 38.6 Å². The number of hydrogen-bond acceptors (Lipinski definition) is 4. The summed E-state index contributed by atoms with van der Waals surface area (Å²) in [5, 5.41) is 0. The Morgan fingerprint density at radius 1 is 1.09 bits per heavy atom. The molecule has 1 aromatic carbocycles. The lowest BCUT2D eigenvalue weighted by Crippen LogP contribution is -2.41. The fourth-order valence-electron chi connectivity index (χ4n) is 2.14. The largest absolute Gasteiger partial charge is 0.494 e. The molecule has 0 N–H and O–H groups in total. The molecule has 1 aliphatic heterocycles. The first kappa shape index (κ1) is 18.0. The molecule has 0 bridgehead atoms. The van der Waals surface area contributed by atoms with E-state index < -0.39 is 0 Å². The molecule has 0 atom stereocenters. The molecule has 22 heavy (non-hydrogen) atoms. The van der Waals surface area contributed by atoms with E-state index in [0.717, 1.165) is 21.2 Å². The van der Waals surface area contributed by atoms with Crippen LogP contribution in [0.1, 0.15) is 34.1 Å². The van der Waals surface area contributed by atoms with Gasteiger partial charge in [0.1, 0.15) is 5.75 Å². The molecule has 2 rings (SSSR count). The van der Waals surface area contributed by atoms with E-state index in [1.54, 1.807) is 7.11 Å². The quantitative estimate of drug-likeness (QED) is 0.405. The van der Waals surface area contributed by atoms with Crippen LogP contribution < -0.4 is 10.2 Å². The highest BCUT2D eigenvalue weighted by Gasteiger charge is 2.51. The molecule has 1 aliphatic rings. The summed E-state index contributed by atoms with van der Waals surface area (Å²) in [6, 6.07) is 6.08. The molecule has 1 fully saturated rings. The maximum atomic E-state index is 6.09. The first-order chi connectivity index (χ1) is 10.3. The van der Waals surface area contributed by atoms with Gasteiger partial charge in [0.25, 0.3) is 0 Å². The summed E-state index contributed by atoms with van der Waals surface area (Å²) in [5.74, 6) is 0.865. The molecule has 0 aliphatic carbocycles. The minimum atomic E-state index is -0.358. The van der Waals surface area contributed by atoms with Crippen LogP contribution in [0.5, 0.6) is 5.75 Å². The van der Waals surface area contributed by atoms with Gasteiger partial charge in [0.2, 0.25) is 0 Å². The van der Waals surface area contributed by atoms with E-state index in [9.17, 15) is 0 Å². The van der Waals surface area contributed by atoms with Crippen LogP contribution in [0.25, 0.3) is 0 Å². The maximum Gasteiger partial charge on any atom is 0.494 e. The number of ether oxygens (including phenoxy) is 2. The summed E-state index contributed by atoms with van der Waals surface area (Å²) in [6.07, 6.45) is 0.868. The van der Waals surface area contributed by atoms with Crippen LogP contribution in [0.3, 0.4) is 0 Å². The highest BCUT2D eigenvalue weighted by atomic mass is 127. The van der Waals surface area contributed by atoms with Crippen LogP contribution in [0.15, 0.2) is 18.2 Å². The number of benzene rings is 1. The van der Waals surface area contributed by atoms with Gasteiger partial charge in [-0.05, 0) is 67.9 Å². The van der Waals surface area contributed by atoms with E-state index >= 15 is 0 Å². The average molecular weight is 418 g/mol. The lowest BCUT2D eigenvalue weighted by Gasteiger charge is -2.32. The van der Waals surface area contributed by atoms with Crippen molar-refractivity contribution in [3.63, 3.8) is 0 Å². The monoisotopic (exact) mass is 418 g/mol.